The van der Waals surface area contributed by atoms with Crippen LogP contribution in [0.15, 0.2) is 0 Å². The summed E-state index contributed by atoms with van der Waals surface area (Å²) < 4.78 is 1.79. The SMILES string of the molecule is Cc1c(C(=O)NC2CC(=O)N(C(C)C)C2=O)nnn1C1CCNCC1.Cl. The van der Waals surface area contributed by atoms with Gasteiger partial charge in [-0.2, -0.15) is 0 Å². The van der Waals surface area contributed by atoms with E-state index in [9.17, 15) is 14.4 Å². The van der Waals surface area contributed by atoms with Gasteiger partial charge in [0, 0.05) is 6.04 Å². The molecule has 0 radical (unpaired) electrons. The summed E-state index contributed by atoms with van der Waals surface area (Å²) in [7, 11) is 0. The fourth-order valence-electron chi connectivity index (χ4n) is 3.48. The van der Waals surface area contributed by atoms with Crippen molar-refractivity contribution in [2.45, 2.75) is 58.2 Å². The summed E-state index contributed by atoms with van der Waals surface area (Å²) in [6.45, 7) is 7.17. The predicted octanol–water partition coefficient (Wildman–Crippen LogP) is 0.199. The van der Waals surface area contributed by atoms with Gasteiger partial charge < -0.3 is 10.6 Å². The highest BCUT2D eigenvalue weighted by Gasteiger charge is 2.41. The topological polar surface area (TPSA) is 109 Å². The van der Waals surface area contributed by atoms with Crippen molar-refractivity contribution in [3.8, 4) is 0 Å². The molecule has 0 bridgehead atoms. The predicted molar refractivity (Wildman–Crippen MR) is 96.0 cm³/mol. The molecule has 9 nitrogen and oxygen atoms in total. The van der Waals surface area contributed by atoms with Crippen molar-refractivity contribution in [3.63, 3.8) is 0 Å². The number of hydrogen-bond acceptors (Lipinski definition) is 6. The quantitative estimate of drug-likeness (QED) is 0.718. The van der Waals surface area contributed by atoms with Gasteiger partial charge in [-0.05, 0) is 46.7 Å². The number of aromatic nitrogens is 3. The molecule has 2 aliphatic heterocycles. The lowest BCUT2D eigenvalue weighted by atomic mass is 10.1. The normalized spacial score (nSPS) is 21.2. The first kappa shape index (κ1) is 20.3. The number of halogens is 1. The number of piperidine rings is 1. The van der Waals surface area contributed by atoms with E-state index in [0.29, 0.717) is 5.69 Å². The number of carbonyl (C=O) groups excluding carboxylic acids is 3. The summed E-state index contributed by atoms with van der Waals surface area (Å²) in [5.74, 6) is -1.09. The van der Waals surface area contributed by atoms with Crippen LogP contribution in [-0.4, -0.2) is 62.8 Å². The molecule has 0 spiro atoms. The second-order valence-corrected chi connectivity index (χ2v) is 6.88. The van der Waals surface area contributed by atoms with Gasteiger partial charge in [0.2, 0.25) is 5.91 Å². The Balaban J connectivity index is 0.00000243. The zero-order valence-electron chi connectivity index (χ0n) is 15.2. The molecule has 3 heterocycles. The molecule has 1 atom stereocenters. The lowest BCUT2D eigenvalue weighted by Crippen LogP contribution is -2.44. The van der Waals surface area contributed by atoms with Gasteiger partial charge >= 0.3 is 0 Å². The number of carbonyl (C=O) groups is 3. The Morgan fingerprint density at radius 1 is 1.27 bits per heavy atom. The lowest BCUT2D eigenvalue weighted by molar-refractivity contribution is -0.140. The van der Waals surface area contributed by atoms with Gasteiger partial charge in [-0.25, -0.2) is 4.68 Å². The van der Waals surface area contributed by atoms with Crippen molar-refractivity contribution in [1.29, 1.82) is 0 Å². The molecule has 0 aliphatic carbocycles. The summed E-state index contributed by atoms with van der Waals surface area (Å²) in [6.07, 6.45) is 1.86. The Morgan fingerprint density at radius 3 is 2.50 bits per heavy atom. The van der Waals surface area contributed by atoms with E-state index in [4.69, 9.17) is 0 Å². The third-order valence-electron chi connectivity index (χ3n) is 4.80. The highest BCUT2D eigenvalue weighted by atomic mass is 35.5. The molecule has 0 aromatic carbocycles. The average Bonchev–Trinajstić information content (AvgIpc) is 3.08. The van der Waals surface area contributed by atoms with Crippen LogP contribution in [0.3, 0.4) is 0 Å². The zero-order valence-corrected chi connectivity index (χ0v) is 16.0. The van der Waals surface area contributed by atoms with Crippen molar-refractivity contribution in [3.05, 3.63) is 11.4 Å². The molecule has 0 saturated carbocycles. The maximum absolute atomic E-state index is 12.5. The summed E-state index contributed by atoms with van der Waals surface area (Å²) >= 11 is 0. The monoisotopic (exact) mass is 384 g/mol. The first-order chi connectivity index (χ1) is 11.9. The zero-order chi connectivity index (χ0) is 18.1. The van der Waals surface area contributed by atoms with Gasteiger partial charge in [0.05, 0.1) is 18.2 Å². The summed E-state index contributed by atoms with van der Waals surface area (Å²) in [6, 6.07) is -0.823. The third-order valence-corrected chi connectivity index (χ3v) is 4.80. The molecule has 2 aliphatic rings. The number of nitrogens with one attached hydrogen (secondary N) is 2. The highest BCUT2D eigenvalue weighted by Crippen LogP contribution is 2.21. The van der Waals surface area contributed by atoms with E-state index in [1.807, 2.05) is 0 Å². The molecule has 2 saturated heterocycles. The Kier molecular flexibility index (Phi) is 6.35. The first-order valence-corrected chi connectivity index (χ1v) is 8.69. The van der Waals surface area contributed by atoms with Gasteiger partial charge in [0.25, 0.3) is 11.8 Å². The summed E-state index contributed by atoms with van der Waals surface area (Å²) in [5, 5.41) is 14.1. The Morgan fingerprint density at radius 2 is 1.92 bits per heavy atom. The highest BCUT2D eigenvalue weighted by molar-refractivity contribution is 6.08. The molecule has 3 rings (SSSR count). The molecule has 26 heavy (non-hydrogen) atoms. The van der Waals surface area contributed by atoms with Crippen LogP contribution in [0.5, 0.6) is 0 Å². The van der Waals surface area contributed by atoms with Crippen LogP contribution in [0.4, 0.5) is 0 Å². The molecule has 1 unspecified atom stereocenters. The average molecular weight is 385 g/mol. The molecule has 3 amide bonds. The summed E-state index contributed by atoms with van der Waals surface area (Å²) in [4.78, 5) is 38.0. The lowest BCUT2D eigenvalue weighted by Gasteiger charge is -2.23. The van der Waals surface area contributed by atoms with Crippen molar-refractivity contribution < 1.29 is 14.4 Å². The van der Waals surface area contributed by atoms with E-state index < -0.39 is 11.9 Å². The maximum Gasteiger partial charge on any atom is 0.274 e. The largest absolute Gasteiger partial charge is 0.338 e. The van der Waals surface area contributed by atoms with Gasteiger partial charge in [-0.15, -0.1) is 17.5 Å². The van der Waals surface area contributed by atoms with Crippen LogP contribution in [0.25, 0.3) is 0 Å². The first-order valence-electron chi connectivity index (χ1n) is 8.69. The number of amides is 3. The van der Waals surface area contributed by atoms with Crippen LogP contribution in [0.1, 0.15) is 55.3 Å². The minimum atomic E-state index is -0.828. The van der Waals surface area contributed by atoms with Crippen LogP contribution in [0.2, 0.25) is 0 Å². The smallest absolute Gasteiger partial charge is 0.274 e. The van der Waals surface area contributed by atoms with E-state index in [1.54, 1.807) is 25.5 Å². The number of hydrogen-bond donors (Lipinski definition) is 2. The van der Waals surface area contributed by atoms with E-state index in [1.165, 1.54) is 4.90 Å². The van der Waals surface area contributed by atoms with E-state index in [-0.39, 0.29) is 48.4 Å². The number of rotatable bonds is 4. The fourth-order valence-corrected chi connectivity index (χ4v) is 3.48. The Labute approximate surface area is 158 Å². The number of imide groups is 1. The molecule has 2 fully saturated rings. The molecule has 1 aromatic heterocycles. The Hall–Kier alpha value is -2.00. The van der Waals surface area contributed by atoms with E-state index in [2.05, 4.69) is 20.9 Å². The minimum Gasteiger partial charge on any atom is -0.338 e. The van der Waals surface area contributed by atoms with Crippen molar-refractivity contribution in [2.24, 2.45) is 0 Å². The second kappa shape index (κ2) is 8.13. The molecule has 144 valence electrons. The molecular weight excluding hydrogens is 360 g/mol. The van der Waals surface area contributed by atoms with Gasteiger partial charge in [0.1, 0.15) is 6.04 Å². The fraction of sp³-hybridized carbons (Fsp3) is 0.688. The van der Waals surface area contributed by atoms with Crippen molar-refractivity contribution in [2.75, 3.05) is 13.1 Å². The number of likely N-dealkylation sites (tertiary alicyclic amines) is 1. The number of nitrogens with zero attached hydrogens (tertiary/aromatic N) is 4. The van der Waals surface area contributed by atoms with Gasteiger partial charge in [0.15, 0.2) is 5.69 Å². The molecule has 2 N–H and O–H groups in total. The molecule has 1 aromatic rings. The van der Waals surface area contributed by atoms with Gasteiger partial charge in [-0.3, -0.25) is 19.3 Å². The van der Waals surface area contributed by atoms with Crippen LogP contribution in [-0.2, 0) is 9.59 Å². The molecular formula is C16H25ClN6O3. The second-order valence-electron chi connectivity index (χ2n) is 6.88. The summed E-state index contributed by atoms with van der Waals surface area (Å²) in [5.41, 5.74) is 0.892. The maximum atomic E-state index is 12.5. The van der Waals surface area contributed by atoms with Crippen LogP contribution in [0, 0.1) is 6.92 Å². The minimum absolute atomic E-state index is 0. The van der Waals surface area contributed by atoms with E-state index >= 15 is 0 Å². The standard InChI is InChI=1S/C16H24N6O3.ClH/c1-9(2)21-13(23)8-12(16(21)25)18-15(24)14-10(3)22(20-19-14)11-4-6-17-7-5-11;/h9,11-12,17H,4-8H2,1-3H3,(H,18,24);1H. The van der Waals surface area contributed by atoms with Crippen LogP contribution >= 0.6 is 12.4 Å². The van der Waals surface area contributed by atoms with Gasteiger partial charge in [-0.1, -0.05) is 5.21 Å². The van der Waals surface area contributed by atoms with Crippen molar-refractivity contribution in [1.82, 2.24) is 30.5 Å². The van der Waals surface area contributed by atoms with Crippen LogP contribution < -0.4 is 10.6 Å². The van der Waals surface area contributed by atoms with Crippen molar-refractivity contribution >= 4 is 30.1 Å². The third kappa shape index (κ3) is 3.73. The Bertz CT molecular complexity index is 698. The van der Waals surface area contributed by atoms with E-state index in [0.717, 1.165) is 25.9 Å². The molecule has 10 heteroatoms.